The van der Waals surface area contributed by atoms with Gasteiger partial charge < -0.3 is 10.6 Å². The van der Waals surface area contributed by atoms with Gasteiger partial charge in [-0.05, 0) is 61.7 Å². The zero-order valence-corrected chi connectivity index (χ0v) is 17.5. The summed E-state index contributed by atoms with van der Waals surface area (Å²) in [6.07, 6.45) is 0. The molecule has 0 saturated heterocycles. The maximum Gasteiger partial charge on any atom is 0.261 e. The van der Waals surface area contributed by atoms with Gasteiger partial charge in [-0.3, -0.25) is 9.59 Å². The first-order valence-corrected chi connectivity index (χ1v) is 10.0. The average Bonchev–Trinajstić information content (AvgIpc) is 3.13. The van der Waals surface area contributed by atoms with E-state index in [2.05, 4.69) is 10.6 Å². The van der Waals surface area contributed by atoms with Crippen LogP contribution in [0.25, 0.3) is 10.4 Å². The van der Waals surface area contributed by atoms with Gasteiger partial charge in [0.2, 0.25) is 5.91 Å². The molecule has 28 heavy (non-hydrogen) atoms. The van der Waals surface area contributed by atoms with Crippen LogP contribution in [-0.2, 0) is 4.79 Å². The molecule has 0 spiro atoms. The molecule has 6 heteroatoms. The van der Waals surface area contributed by atoms with Crippen LogP contribution >= 0.6 is 22.9 Å². The van der Waals surface area contributed by atoms with E-state index in [0.29, 0.717) is 9.90 Å². The monoisotopic (exact) mass is 412 g/mol. The fraction of sp³-hybridized carbons (Fsp3) is 0.182. The predicted molar refractivity (Wildman–Crippen MR) is 116 cm³/mol. The third kappa shape index (κ3) is 4.80. The average molecular weight is 413 g/mol. The SMILES string of the molecule is Cc1cc(C)c(NC(=O)CNC(=O)c2ccc(-c3ccc(Cl)cc3)s2)c(C)c1. The fourth-order valence-corrected chi connectivity index (χ4v) is 4.09. The molecule has 0 bridgehead atoms. The minimum absolute atomic E-state index is 0.0836. The second kappa shape index (κ2) is 8.59. The third-order valence-electron chi connectivity index (χ3n) is 4.31. The summed E-state index contributed by atoms with van der Waals surface area (Å²) < 4.78 is 0. The van der Waals surface area contributed by atoms with Crippen molar-refractivity contribution >= 4 is 40.4 Å². The third-order valence-corrected chi connectivity index (χ3v) is 5.69. The number of carbonyl (C=O) groups excluding carboxylic acids is 2. The Bertz CT molecular complexity index is 1000. The van der Waals surface area contributed by atoms with Crippen LogP contribution < -0.4 is 10.6 Å². The van der Waals surface area contributed by atoms with Gasteiger partial charge >= 0.3 is 0 Å². The lowest BCUT2D eigenvalue weighted by molar-refractivity contribution is -0.115. The maximum absolute atomic E-state index is 12.4. The van der Waals surface area contributed by atoms with Crippen LogP contribution in [0, 0.1) is 20.8 Å². The lowest BCUT2D eigenvalue weighted by Crippen LogP contribution is -2.32. The molecule has 0 atom stereocenters. The highest BCUT2D eigenvalue weighted by atomic mass is 35.5. The number of aryl methyl sites for hydroxylation is 3. The maximum atomic E-state index is 12.4. The van der Waals surface area contributed by atoms with E-state index in [9.17, 15) is 9.59 Å². The molecular formula is C22H21ClN2O2S. The number of halogens is 1. The second-order valence-electron chi connectivity index (χ2n) is 6.68. The van der Waals surface area contributed by atoms with Gasteiger partial charge in [-0.15, -0.1) is 11.3 Å². The lowest BCUT2D eigenvalue weighted by atomic mass is 10.1. The molecule has 0 radical (unpaired) electrons. The summed E-state index contributed by atoms with van der Waals surface area (Å²) in [5.41, 5.74) is 4.95. The summed E-state index contributed by atoms with van der Waals surface area (Å²) in [7, 11) is 0. The van der Waals surface area contributed by atoms with E-state index < -0.39 is 0 Å². The molecule has 1 aromatic heterocycles. The highest BCUT2D eigenvalue weighted by molar-refractivity contribution is 7.17. The van der Waals surface area contributed by atoms with Crippen LogP contribution in [0.2, 0.25) is 5.02 Å². The summed E-state index contributed by atoms with van der Waals surface area (Å²) in [4.78, 5) is 26.2. The molecule has 2 aromatic carbocycles. The van der Waals surface area contributed by atoms with Gasteiger partial charge in [0.1, 0.15) is 0 Å². The topological polar surface area (TPSA) is 58.2 Å². The highest BCUT2D eigenvalue weighted by Gasteiger charge is 2.13. The van der Waals surface area contributed by atoms with Crippen molar-refractivity contribution in [2.75, 3.05) is 11.9 Å². The first-order chi connectivity index (χ1) is 13.3. The molecule has 2 amide bonds. The standard InChI is InChI=1S/C22H21ClN2O2S/c1-13-10-14(2)21(15(3)11-13)25-20(26)12-24-22(27)19-9-8-18(28-19)16-4-6-17(23)7-5-16/h4-11H,12H2,1-3H3,(H,24,27)(H,25,26). The number of hydrogen-bond donors (Lipinski definition) is 2. The number of amides is 2. The van der Waals surface area contributed by atoms with Crippen molar-refractivity contribution < 1.29 is 9.59 Å². The number of rotatable bonds is 5. The molecule has 2 N–H and O–H groups in total. The quantitative estimate of drug-likeness (QED) is 0.592. The molecule has 0 unspecified atom stereocenters. The van der Waals surface area contributed by atoms with Crippen molar-refractivity contribution in [3.63, 3.8) is 0 Å². The van der Waals surface area contributed by atoms with E-state index in [1.165, 1.54) is 11.3 Å². The first kappa shape index (κ1) is 20.1. The van der Waals surface area contributed by atoms with Crippen molar-refractivity contribution in [2.45, 2.75) is 20.8 Å². The van der Waals surface area contributed by atoms with Gasteiger partial charge in [-0.1, -0.05) is 41.4 Å². The van der Waals surface area contributed by atoms with Crippen LogP contribution in [0.15, 0.2) is 48.5 Å². The van der Waals surface area contributed by atoms with Crippen molar-refractivity contribution in [3.8, 4) is 10.4 Å². The normalized spacial score (nSPS) is 10.6. The lowest BCUT2D eigenvalue weighted by Gasteiger charge is -2.13. The van der Waals surface area contributed by atoms with E-state index >= 15 is 0 Å². The van der Waals surface area contributed by atoms with Gasteiger partial charge in [-0.25, -0.2) is 0 Å². The number of nitrogens with one attached hydrogen (secondary N) is 2. The number of anilines is 1. The van der Waals surface area contributed by atoms with Crippen LogP contribution in [0.5, 0.6) is 0 Å². The molecule has 144 valence electrons. The van der Waals surface area contributed by atoms with Crippen LogP contribution in [0.4, 0.5) is 5.69 Å². The van der Waals surface area contributed by atoms with Gasteiger partial charge in [0, 0.05) is 15.6 Å². The van der Waals surface area contributed by atoms with E-state index in [4.69, 9.17) is 11.6 Å². The highest BCUT2D eigenvalue weighted by Crippen LogP contribution is 2.29. The fourth-order valence-electron chi connectivity index (χ4n) is 3.04. The van der Waals surface area contributed by atoms with E-state index in [1.54, 1.807) is 6.07 Å². The van der Waals surface area contributed by atoms with Gasteiger partial charge in [0.05, 0.1) is 11.4 Å². The molecular weight excluding hydrogens is 392 g/mol. The first-order valence-electron chi connectivity index (χ1n) is 8.85. The van der Waals surface area contributed by atoms with Crippen molar-refractivity contribution in [3.05, 3.63) is 75.1 Å². The Labute approximate surface area is 173 Å². The molecule has 0 aliphatic carbocycles. The Hall–Kier alpha value is -2.63. The van der Waals surface area contributed by atoms with E-state index in [1.807, 2.05) is 63.2 Å². The zero-order chi connectivity index (χ0) is 20.3. The van der Waals surface area contributed by atoms with Gasteiger partial charge in [-0.2, -0.15) is 0 Å². The Morgan fingerprint density at radius 3 is 2.25 bits per heavy atom. The summed E-state index contributed by atoms with van der Waals surface area (Å²) in [6.45, 7) is 5.85. The number of benzene rings is 2. The Morgan fingerprint density at radius 1 is 0.964 bits per heavy atom. The summed E-state index contributed by atoms with van der Waals surface area (Å²) in [5.74, 6) is -0.518. The second-order valence-corrected chi connectivity index (χ2v) is 8.20. The van der Waals surface area contributed by atoms with Crippen LogP contribution in [0.3, 0.4) is 0 Å². The summed E-state index contributed by atoms with van der Waals surface area (Å²) >= 11 is 7.29. The molecule has 0 fully saturated rings. The minimum Gasteiger partial charge on any atom is -0.342 e. The Balaban J connectivity index is 1.60. The number of carbonyl (C=O) groups is 2. The Kier molecular flexibility index (Phi) is 6.17. The zero-order valence-electron chi connectivity index (χ0n) is 15.9. The van der Waals surface area contributed by atoms with E-state index in [-0.39, 0.29) is 18.4 Å². The Morgan fingerprint density at radius 2 is 1.61 bits per heavy atom. The van der Waals surface area contributed by atoms with Crippen molar-refractivity contribution in [2.24, 2.45) is 0 Å². The predicted octanol–water partition coefficient (Wildman–Crippen LogP) is 5.36. The van der Waals surface area contributed by atoms with Crippen LogP contribution in [-0.4, -0.2) is 18.4 Å². The van der Waals surface area contributed by atoms with Crippen LogP contribution in [0.1, 0.15) is 26.4 Å². The minimum atomic E-state index is -0.266. The molecule has 4 nitrogen and oxygen atoms in total. The molecule has 0 aliphatic rings. The van der Waals surface area contributed by atoms with Crippen molar-refractivity contribution in [1.82, 2.24) is 5.32 Å². The number of hydrogen-bond acceptors (Lipinski definition) is 3. The van der Waals surface area contributed by atoms with E-state index in [0.717, 1.165) is 32.8 Å². The van der Waals surface area contributed by atoms with Crippen molar-refractivity contribution in [1.29, 1.82) is 0 Å². The number of thiophene rings is 1. The molecule has 3 aromatic rings. The summed E-state index contributed by atoms with van der Waals surface area (Å²) in [6, 6.07) is 15.1. The smallest absolute Gasteiger partial charge is 0.261 e. The molecule has 1 heterocycles. The molecule has 0 saturated carbocycles. The molecule has 3 rings (SSSR count). The molecule has 0 aliphatic heterocycles. The largest absolute Gasteiger partial charge is 0.342 e. The van der Waals surface area contributed by atoms with Gasteiger partial charge in [0.25, 0.3) is 5.91 Å². The van der Waals surface area contributed by atoms with Gasteiger partial charge in [0.15, 0.2) is 0 Å². The summed E-state index contributed by atoms with van der Waals surface area (Å²) in [5, 5.41) is 6.24.